The van der Waals surface area contributed by atoms with E-state index in [-0.39, 0.29) is 12.4 Å². The average molecular weight is 159 g/mol. The lowest BCUT2D eigenvalue weighted by molar-refractivity contribution is 0.258. The molecule has 0 aromatic heterocycles. The molecule has 0 N–H and O–H groups in total. The Morgan fingerprint density at radius 3 is 3.20 bits per heavy atom. The molecule has 1 nitrogen and oxygen atoms in total. The molecular weight excluding hydrogens is 148 g/mol. The molecule has 2 rings (SSSR count). The van der Waals surface area contributed by atoms with Gasteiger partial charge in [0.2, 0.25) is 0 Å². The zero-order valence-electron chi connectivity index (χ0n) is 5.75. The second-order valence-corrected chi connectivity index (χ2v) is 2.57. The van der Waals surface area contributed by atoms with Gasteiger partial charge in [0.1, 0.15) is 0 Å². The summed E-state index contributed by atoms with van der Waals surface area (Å²) in [6, 6.07) is 0. The minimum atomic E-state index is 0. The summed E-state index contributed by atoms with van der Waals surface area (Å²) in [5.41, 5.74) is 0. The molecule has 0 saturated carbocycles. The van der Waals surface area contributed by atoms with E-state index in [2.05, 4.69) is 18.2 Å². The van der Waals surface area contributed by atoms with E-state index < -0.39 is 0 Å². The molecule has 1 atom stereocenters. The zero-order chi connectivity index (χ0) is 6.10. The molecule has 56 valence electrons. The van der Waals surface area contributed by atoms with Crippen LogP contribution in [0, 0.1) is 5.92 Å². The number of rotatable bonds is 0. The summed E-state index contributed by atoms with van der Waals surface area (Å²) in [5, 5.41) is 0. The van der Waals surface area contributed by atoms with Crippen molar-refractivity contribution in [2.75, 3.05) is 6.61 Å². The summed E-state index contributed by atoms with van der Waals surface area (Å²) in [5.74, 6) is 1.92. The van der Waals surface area contributed by atoms with Gasteiger partial charge in [0.25, 0.3) is 0 Å². The fourth-order valence-electron chi connectivity index (χ4n) is 1.40. The van der Waals surface area contributed by atoms with Crippen LogP contribution in [0.1, 0.15) is 12.8 Å². The van der Waals surface area contributed by atoms with Gasteiger partial charge in [0.05, 0.1) is 12.4 Å². The summed E-state index contributed by atoms with van der Waals surface area (Å²) in [7, 11) is 0. The highest BCUT2D eigenvalue weighted by atomic mass is 35.5. The lowest BCUT2D eigenvalue weighted by Gasteiger charge is -2.08. The number of allylic oxidation sites excluding steroid dienone is 4. The highest BCUT2D eigenvalue weighted by Gasteiger charge is 2.21. The monoisotopic (exact) mass is 158 g/mol. The second kappa shape index (κ2) is 3.11. The van der Waals surface area contributed by atoms with E-state index >= 15 is 0 Å². The molecule has 2 heteroatoms. The van der Waals surface area contributed by atoms with Crippen molar-refractivity contribution >= 4 is 12.4 Å². The molecule has 1 unspecified atom stereocenters. The quantitative estimate of drug-likeness (QED) is 0.526. The van der Waals surface area contributed by atoms with Gasteiger partial charge in [-0.25, -0.2) is 0 Å². The Bertz CT molecular complexity index is 172. The highest BCUT2D eigenvalue weighted by Crippen LogP contribution is 2.30. The van der Waals surface area contributed by atoms with Gasteiger partial charge in [-0.05, 0) is 18.9 Å². The maximum Gasteiger partial charge on any atom is 0.0994 e. The fraction of sp³-hybridized carbons (Fsp3) is 0.500. The summed E-state index contributed by atoms with van der Waals surface area (Å²) < 4.78 is 5.37. The Balaban J connectivity index is 0.000000500. The van der Waals surface area contributed by atoms with Gasteiger partial charge in [0.15, 0.2) is 0 Å². The van der Waals surface area contributed by atoms with Crippen molar-refractivity contribution in [3.05, 3.63) is 24.0 Å². The van der Waals surface area contributed by atoms with Crippen molar-refractivity contribution in [1.82, 2.24) is 0 Å². The molecule has 1 aliphatic heterocycles. The summed E-state index contributed by atoms with van der Waals surface area (Å²) in [6.45, 7) is 0.929. The van der Waals surface area contributed by atoms with Crippen molar-refractivity contribution in [3.8, 4) is 0 Å². The molecule has 1 saturated heterocycles. The normalized spacial score (nSPS) is 28.0. The van der Waals surface area contributed by atoms with Crippen molar-refractivity contribution in [3.63, 3.8) is 0 Å². The summed E-state index contributed by atoms with van der Waals surface area (Å²) >= 11 is 0. The van der Waals surface area contributed by atoms with Crippen LogP contribution in [0.15, 0.2) is 24.0 Å². The Morgan fingerprint density at radius 1 is 1.50 bits per heavy atom. The number of hydrogen-bond acceptors (Lipinski definition) is 1. The van der Waals surface area contributed by atoms with E-state index in [4.69, 9.17) is 4.74 Å². The Kier molecular flexibility index (Phi) is 2.39. The van der Waals surface area contributed by atoms with E-state index in [1.807, 2.05) is 0 Å². The van der Waals surface area contributed by atoms with Gasteiger partial charge < -0.3 is 4.74 Å². The second-order valence-electron chi connectivity index (χ2n) is 2.57. The van der Waals surface area contributed by atoms with Crippen molar-refractivity contribution in [1.29, 1.82) is 0 Å². The molecule has 0 aromatic carbocycles. The Hall–Kier alpha value is -0.430. The van der Waals surface area contributed by atoms with Gasteiger partial charge >= 0.3 is 0 Å². The Morgan fingerprint density at radius 2 is 2.40 bits per heavy atom. The van der Waals surface area contributed by atoms with Crippen LogP contribution in [0.4, 0.5) is 0 Å². The van der Waals surface area contributed by atoms with Gasteiger partial charge in [-0.3, -0.25) is 0 Å². The number of ether oxygens (including phenoxy) is 1. The van der Waals surface area contributed by atoms with Crippen LogP contribution >= 0.6 is 12.4 Å². The largest absolute Gasteiger partial charge is 0.498 e. The molecule has 0 amide bonds. The lowest BCUT2D eigenvalue weighted by Crippen LogP contribution is -1.97. The molecule has 1 heterocycles. The number of halogens is 1. The van der Waals surface area contributed by atoms with Gasteiger partial charge in [0, 0.05) is 5.92 Å². The molecule has 0 bridgehead atoms. The molecule has 1 fully saturated rings. The molecular formula is C8H11ClO. The smallest absolute Gasteiger partial charge is 0.0994 e. The zero-order valence-corrected chi connectivity index (χ0v) is 6.56. The standard InChI is InChI=1S/C8H10O.ClH/c1-2-4-8-7(3-1)5-6-9-8;/h1-2,4,7H,3,5-6H2;1H. The molecule has 0 aromatic rings. The van der Waals surface area contributed by atoms with Crippen LogP contribution < -0.4 is 0 Å². The molecule has 0 radical (unpaired) electrons. The average Bonchev–Trinajstić information content (AvgIpc) is 2.33. The highest BCUT2D eigenvalue weighted by molar-refractivity contribution is 5.85. The van der Waals surface area contributed by atoms with E-state index in [9.17, 15) is 0 Å². The van der Waals surface area contributed by atoms with Crippen molar-refractivity contribution in [2.24, 2.45) is 5.92 Å². The lowest BCUT2D eigenvalue weighted by atomic mass is 9.98. The van der Waals surface area contributed by atoms with Crippen LogP contribution in [0.2, 0.25) is 0 Å². The third kappa shape index (κ3) is 1.19. The first-order valence-electron chi connectivity index (χ1n) is 3.46. The fourth-order valence-corrected chi connectivity index (χ4v) is 1.40. The van der Waals surface area contributed by atoms with E-state index in [1.54, 1.807) is 0 Å². The van der Waals surface area contributed by atoms with E-state index in [0.29, 0.717) is 0 Å². The van der Waals surface area contributed by atoms with Crippen LogP contribution in [-0.2, 0) is 4.74 Å². The SMILES string of the molecule is C1=CCC2CCOC2=C1.Cl. The summed E-state index contributed by atoms with van der Waals surface area (Å²) in [4.78, 5) is 0. The van der Waals surface area contributed by atoms with Crippen molar-refractivity contribution < 1.29 is 4.74 Å². The third-order valence-corrected chi connectivity index (χ3v) is 1.95. The molecule has 0 spiro atoms. The molecule has 2 aliphatic rings. The van der Waals surface area contributed by atoms with Crippen LogP contribution in [0.5, 0.6) is 0 Å². The maximum absolute atomic E-state index is 5.37. The van der Waals surface area contributed by atoms with Crippen LogP contribution in [0.3, 0.4) is 0 Å². The molecule has 1 aliphatic carbocycles. The maximum atomic E-state index is 5.37. The third-order valence-electron chi connectivity index (χ3n) is 1.95. The van der Waals surface area contributed by atoms with Gasteiger partial charge in [-0.1, -0.05) is 12.2 Å². The minimum Gasteiger partial charge on any atom is -0.498 e. The first-order valence-corrected chi connectivity index (χ1v) is 3.46. The predicted octanol–water partition coefficient (Wildman–Crippen LogP) is 2.29. The molecule has 10 heavy (non-hydrogen) atoms. The Labute approximate surface area is 67.2 Å². The first-order chi connectivity index (χ1) is 4.47. The first kappa shape index (κ1) is 7.67. The van der Waals surface area contributed by atoms with Crippen LogP contribution in [-0.4, -0.2) is 6.61 Å². The van der Waals surface area contributed by atoms with E-state index in [1.165, 1.54) is 18.6 Å². The number of hydrogen-bond donors (Lipinski definition) is 0. The van der Waals surface area contributed by atoms with E-state index in [0.717, 1.165) is 12.5 Å². The topological polar surface area (TPSA) is 9.23 Å². The van der Waals surface area contributed by atoms with Crippen molar-refractivity contribution in [2.45, 2.75) is 12.8 Å². The predicted molar refractivity (Wildman–Crippen MR) is 43.1 cm³/mol. The van der Waals surface area contributed by atoms with Crippen LogP contribution in [0.25, 0.3) is 0 Å². The van der Waals surface area contributed by atoms with Gasteiger partial charge in [-0.2, -0.15) is 0 Å². The van der Waals surface area contributed by atoms with Gasteiger partial charge in [-0.15, -0.1) is 12.4 Å². The summed E-state index contributed by atoms with van der Waals surface area (Å²) in [6.07, 6.45) is 8.78. The number of fused-ring (bicyclic) bond motifs is 1. The minimum absolute atomic E-state index is 0.